The van der Waals surface area contributed by atoms with Gasteiger partial charge in [0.25, 0.3) is 0 Å². The lowest BCUT2D eigenvalue weighted by Crippen LogP contribution is -2.18. The van der Waals surface area contributed by atoms with E-state index in [0.29, 0.717) is 23.0 Å². The van der Waals surface area contributed by atoms with Crippen molar-refractivity contribution in [3.05, 3.63) is 64.2 Å². The van der Waals surface area contributed by atoms with E-state index in [1.807, 2.05) is 32.0 Å². The van der Waals surface area contributed by atoms with Crippen LogP contribution in [0, 0.1) is 11.3 Å². The third kappa shape index (κ3) is 3.37. The van der Waals surface area contributed by atoms with E-state index in [0.717, 1.165) is 24.0 Å². The zero-order valence-corrected chi connectivity index (χ0v) is 16.0. The fourth-order valence-electron chi connectivity index (χ4n) is 3.61. The first kappa shape index (κ1) is 18.2. The van der Waals surface area contributed by atoms with E-state index in [1.54, 1.807) is 12.1 Å². The van der Waals surface area contributed by atoms with Crippen molar-refractivity contribution in [2.75, 3.05) is 6.73 Å². The van der Waals surface area contributed by atoms with Crippen molar-refractivity contribution >= 4 is 11.7 Å². The zero-order valence-electron chi connectivity index (χ0n) is 16.0. The molecule has 0 amide bonds. The van der Waals surface area contributed by atoms with Gasteiger partial charge >= 0.3 is 0 Å². The number of hydrogen-bond acceptors (Lipinski definition) is 6. The highest BCUT2D eigenvalue weighted by atomic mass is 16.5. The van der Waals surface area contributed by atoms with Gasteiger partial charge in [-0.15, -0.1) is 0 Å². The second-order valence-electron chi connectivity index (χ2n) is 7.18. The molecule has 0 spiro atoms. The van der Waals surface area contributed by atoms with Crippen LogP contribution >= 0.6 is 0 Å². The molecule has 142 valence electrons. The van der Waals surface area contributed by atoms with Crippen LogP contribution in [0.25, 0.3) is 0 Å². The Morgan fingerprint density at radius 3 is 2.93 bits per heavy atom. The van der Waals surface area contributed by atoms with Crippen LogP contribution in [0.4, 0.5) is 0 Å². The summed E-state index contributed by atoms with van der Waals surface area (Å²) in [5.74, 6) is 1.66. The third-order valence-corrected chi connectivity index (χ3v) is 4.89. The van der Waals surface area contributed by atoms with Gasteiger partial charge in [0.15, 0.2) is 12.6 Å². The van der Waals surface area contributed by atoms with Gasteiger partial charge in [0, 0.05) is 17.2 Å². The molecule has 1 aliphatic carbocycles. The van der Waals surface area contributed by atoms with Crippen molar-refractivity contribution in [1.82, 2.24) is 0 Å². The zero-order chi connectivity index (χ0) is 19.7. The third-order valence-electron chi connectivity index (χ3n) is 4.89. The topological polar surface area (TPSA) is 93.0 Å². The minimum Gasteiger partial charge on any atom is -0.490 e. The lowest BCUT2D eigenvalue weighted by atomic mass is 10.0. The van der Waals surface area contributed by atoms with Crippen molar-refractivity contribution in [2.24, 2.45) is 15.7 Å². The predicted molar refractivity (Wildman–Crippen MR) is 108 cm³/mol. The van der Waals surface area contributed by atoms with E-state index >= 15 is 0 Å². The van der Waals surface area contributed by atoms with Gasteiger partial charge in [-0.25, -0.2) is 4.99 Å². The van der Waals surface area contributed by atoms with Crippen LogP contribution in [0.1, 0.15) is 54.1 Å². The van der Waals surface area contributed by atoms with E-state index in [1.165, 1.54) is 11.1 Å². The summed E-state index contributed by atoms with van der Waals surface area (Å²) < 4.78 is 11.4. The summed E-state index contributed by atoms with van der Waals surface area (Å²) in [6, 6.07) is 13.7. The Morgan fingerprint density at radius 1 is 1.29 bits per heavy atom. The van der Waals surface area contributed by atoms with Crippen LogP contribution in [0.2, 0.25) is 0 Å². The number of hydrogen-bond donors (Lipinski definition) is 1. The monoisotopic (exact) mass is 374 g/mol. The smallest absolute Gasteiger partial charge is 0.224 e. The van der Waals surface area contributed by atoms with Crippen molar-refractivity contribution in [1.29, 1.82) is 5.26 Å². The molecule has 2 aliphatic rings. The molecule has 0 radical (unpaired) electrons. The number of nitrogens with zero attached hydrogens (tertiary/aromatic N) is 3. The highest BCUT2D eigenvalue weighted by Gasteiger charge is 2.24. The average Bonchev–Trinajstić information content (AvgIpc) is 3.09. The van der Waals surface area contributed by atoms with Crippen molar-refractivity contribution in [2.45, 2.75) is 38.8 Å². The number of aliphatic imine (C=N–C) groups is 2. The first-order valence-corrected chi connectivity index (χ1v) is 9.41. The Morgan fingerprint density at radius 2 is 2.14 bits per heavy atom. The van der Waals surface area contributed by atoms with E-state index in [-0.39, 0.29) is 18.9 Å². The Labute approximate surface area is 164 Å². The molecule has 1 aliphatic heterocycles. The van der Waals surface area contributed by atoms with Crippen LogP contribution in [0.15, 0.2) is 46.4 Å². The SMILES string of the molecule is CC(C)Oc1ccc(C2=NC(c3cccc4c3CCC4N)=NCO2)cc1C#N. The van der Waals surface area contributed by atoms with Gasteiger partial charge in [0.2, 0.25) is 5.90 Å². The Kier molecular flexibility index (Phi) is 4.84. The molecular weight excluding hydrogens is 352 g/mol. The van der Waals surface area contributed by atoms with Gasteiger partial charge in [-0.3, -0.25) is 0 Å². The standard InChI is InChI=1S/C22H22N4O2/c1-13(2)28-20-9-6-14(10-15(20)11-23)22-26-21(25-12-27-22)18-5-3-4-17-16(18)7-8-19(17)24/h3-6,9-10,13,19H,7-8,12,24H2,1-2H3. The molecule has 28 heavy (non-hydrogen) atoms. The molecule has 0 fully saturated rings. The lowest BCUT2D eigenvalue weighted by molar-refractivity contribution is 0.241. The molecule has 0 aromatic heterocycles. The average molecular weight is 374 g/mol. The Balaban J connectivity index is 1.69. The van der Waals surface area contributed by atoms with Gasteiger partial charge in [-0.2, -0.15) is 10.3 Å². The van der Waals surface area contributed by atoms with Crippen molar-refractivity contribution in [3.8, 4) is 11.8 Å². The molecule has 2 aromatic rings. The highest BCUT2D eigenvalue weighted by molar-refractivity contribution is 6.11. The number of nitriles is 1. The summed E-state index contributed by atoms with van der Waals surface area (Å²) in [6.07, 6.45) is 1.86. The summed E-state index contributed by atoms with van der Waals surface area (Å²) in [4.78, 5) is 9.10. The quantitative estimate of drug-likeness (QED) is 0.887. The lowest BCUT2D eigenvalue weighted by Gasteiger charge is -2.17. The van der Waals surface area contributed by atoms with Gasteiger partial charge in [-0.05, 0) is 56.0 Å². The number of benzene rings is 2. The van der Waals surface area contributed by atoms with Crippen LogP contribution < -0.4 is 10.5 Å². The molecule has 2 N–H and O–H groups in total. The largest absolute Gasteiger partial charge is 0.490 e. The van der Waals surface area contributed by atoms with Gasteiger partial charge in [0.05, 0.1) is 11.7 Å². The number of nitrogens with two attached hydrogens (primary N) is 1. The van der Waals surface area contributed by atoms with Crippen LogP contribution in [0.3, 0.4) is 0 Å². The predicted octanol–water partition coefficient (Wildman–Crippen LogP) is 3.47. The number of amidine groups is 1. The molecule has 2 aromatic carbocycles. The van der Waals surface area contributed by atoms with Crippen molar-refractivity contribution in [3.63, 3.8) is 0 Å². The molecule has 0 saturated heterocycles. The number of rotatable bonds is 4. The highest BCUT2D eigenvalue weighted by Crippen LogP contribution is 2.32. The minimum absolute atomic E-state index is 0.00787. The van der Waals surface area contributed by atoms with E-state index in [2.05, 4.69) is 22.1 Å². The van der Waals surface area contributed by atoms with Crippen LogP contribution in [-0.2, 0) is 11.2 Å². The second-order valence-corrected chi connectivity index (χ2v) is 7.18. The molecule has 1 heterocycles. The molecule has 1 atom stereocenters. The van der Waals surface area contributed by atoms with Gasteiger partial charge < -0.3 is 15.2 Å². The van der Waals surface area contributed by atoms with Crippen molar-refractivity contribution < 1.29 is 9.47 Å². The molecular formula is C22H22N4O2. The van der Waals surface area contributed by atoms with E-state index < -0.39 is 0 Å². The summed E-state index contributed by atoms with van der Waals surface area (Å²) >= 11 is 0. The maximum absolute atomic E-state index is 9.47. The fraction of sp³-hybridized carbons (Fsp3) is 0.318. The molecule has 0 bridgehead atoms. The Hall–Kier alpha value is -3.17. The summed E-state index contributed by atoms with van der Waals surface area (Å²) in [5.41, 5.74) is 10.8. The molecule has 6 heteroatoms. The maximum Gasteiger partial charge on any atom is 0.224 e. The number of ether oxygens (including phenoxy) is 2. The summed E-state index contributed by atoms with van der Waals surface area (Å²) in [6.45, 7) is 4.04. The molecule has 0 saturated carbocycles. The Bertz CT molecular complexity index is 1020. The first-order chi connectivity index (χ1) is 13.6. The van der Waals surface area contributed by atoms with E-state index in [4.69, 9.17) is 15.2 Å². The maximum atomic E-state index is 9.47. The van der Waals surface area contributed by atoms with Gasteiger partial charge in [-0.1, -0.05) is 18.2 Å². The number of fused-ring (bicyclic) bond motifs is 1. The van der Waals surface area contributed by atoms with Crippen LogP contribution in [-0.4, -0.2) is 24.6 Å². The second kappa shape index (κ2) is 7.45. The van der Waals surface area contributed by atoms with Crippen LogP contribution in [0.5, 0.6) is 5.75 Å². The molecule has 6 nitrogen and oxygen atoms in total. The summed E-state index contributed by atoms with van der Waals surface area (Å²) in [5, 5.41) is 9.47. The fourth-order valence-corrected chi connectivity index (χ4v) is 3.61. The molecule has 1 unspecified atom stereocenters. The van der Waals surface area contributed by atoms with Gasteiger partial charge in [0.1, 0.15) is 11.8 Å². The van der Waals surface area contributed by atoms with E-state index in [9.17, 15) is 5.26 Å². The minimum atomic E-state index is -0.00787. The molecule has 4 rings (SSSR count). The first-order valence-electron chi connectivity index (χ1n) is 9.41. The summed E-state index contributed by atoms with van der Waals surface area (Å²) in [7, 11) is 0. The normalized spacial score (nSPS) is 18.0.